The third-order valence-electron chi connectivity index (χ3n) is 3.14. The Balaban J connectivity index is 2.12. The number of benzene rings is 2. The van der Waals surface area contributed by atoms with E-state index in [1.54, 1.807) is 18.2 Å². The summed E-state index contributed by atoms with van der Waals surface area (Å²) in [4.78, 5) is 24.3. The number of ketones is 1. The lowest BCUT2D eigenvalue weighted by Gasteiger charge is -2.13. The average Bonchev–Trinajstić information content (AvgIpc) is 2.49. The molecule has 0 aliphatic rings. The van der Waals surface area contributed by atoms with Gasteiger partial charge in [-0.25, -0.2) is 4.79 Å². The number of Topliss-reactive ketones (excluding diaryl/α,β-unsaturated/α-hetero) is 1. The van der Waals surface area contributed by atoms with E-state index in [1.165, 1.54) is 19.1 Å². The highest BCUT2D eigenvalue weighted by molar-refractivity contribution is 6.35. The number of esters is 1. The summed E-state index contributed by atoms with van der Waals surface area (Å²) in [7, 11) is 0. The van der Waals surface area contributed by atoms with Gasteiger partial charge in [0.25, 0.3) is 0 Å². The largest absolute Gasteiger partial charge is 0.451 e. The van der Waals surface area contributed by atoms with Crippen LogP contribution in [0.15, 0.2) is 42.5 Å². The highest BCUT2D eigenvalue weighted by atomic mass is 35.5. The molecular formula is C17H14Cl2O3. The van der Waals surface area contributed by atoms with Gasteiger partial charge in [0, 0.05) is 10.6 Å². The summed E-state index contributed by atoms with van der Waals surface area (Å²) in [5, 5.41) is 0.596. The van der Waals surface area contributed by atoms with Gasteiger partial charge in [0.1, 0.15) is 0 Å². The van der Waals surface area contributed by atoms with Gasteiger partial charge >= 0.3 is 5.97 Å². The van der Waals surface area contributed by atoms with Gasteiger partial charge in [-0.1, -0.05) is 53.0 Å². The van der Waals surface area contributed by atoms with Crippen molar-refractivity contribution < 1.29 is 14.3 Å². The molecule has 0 radical (unpaired) electrons. The van der Waals surface area contributed by atoms with Crippen LogP contribution < -0.4 is 0 Å². The summed E-state index contributed by atoms with van der Waals surface area (Å²) in [6, 6.07) is 11.6. The third kappa shape index (κ3) is 3.87. The molecule has 114 valence electrons. The number of hydrogen-bond acceptors (Lipinski definition) is 3. The fraction of sp³-hybridized carbons (Fsp3) is 0.176. The first-order valence-corrected chi connectivity index (χ1v) is 7.41. The van der Waals surface area contributed by atoms with Crippen LogP contribution in [0.4, 0.5) is 0 Å². The summed E-state index contributed by atoms with van der Waals surface area (Å²) in [5.41, 5.74) is 1.67. The van der Waals surface area contributed by atoms with Gasteiger partial charge in [0.2, 0.25) is 5.78 Å². The Morgan fingerprint density at radius 1 is 1.05 bits per heavy atom. The zero-order valence-electron chi connectivity index (χ0n) is 12.1. The number of carbonyl (C=O) groups is 2. The first kappa shape index (κ1) is 16.5. The second-order valence-electron chi connectivity index (χ2n) is 4.90. The van der Waals surface area contributed by atoms with Crippen molar-refractivity contribution in [2.24, 2.45) is 0 Å². The van der Waals surface area contributed by atoms with Crippen LogP contribution in [0.5, 0.6) is 0 Å². The second kappa shape index (κ2) is 6.95. The molecule has 0 aliphatic heterocycles. The zero-order valence-corrected chi connectivity index (χ0v) is 13.6. The van der Waals surface area contributed by atoms with Crippen LogP contribution in [-0.4, -0.2) is 17.9 Å². The van der Waals surface area contributed by atoms with Crippen molar-refractivity contribution in [1.82, 2.24) is 0 Å². The summed E-state index contributed by atoms with van der Waals surface area (Å²) in [5.74, 6) is -0.952. The van der Waals surface area contributed by atoms with E-state index in [0.717, 1.165) is 5.56 Å². The van der Waals surface area contributed by atoms with E-state index in [2.05, 4.69) is 0 Å². The van der Waals surface area contributed by atoms with Crippen molar-refractivity contribution in [3.05, 3.63) is 69.2 Å². The molecule has 5 heteroatoms. The predicted octanol–water partition coefficient (Wildman–Crippen LogP) is 4.73. The Hall–Kier alpha value is -1.84. The van der Waals surface area contributed by atoms with Crippen molar-refractivity contribution >= 4 is 35.0 Å². The summed E-state index contributed by atoms with van der Waals surface area (Å²) >= 11 is 11.8. The topological polar surface area (TPSA) is 43.4 Å². The standard InChI is InChI=1S/C17H14Cl2O3/c1-10-3-5-12(6-4-10)16(20)11(2)22-17(21)14-9-13(18)7-8-15(14)19/h3-9,11H,1-2H3/t11-/m0/s1. The quantitative estimate of drug-likeness (QED) is 0.598. The van der Waals surface area contributed by atoms with E-state index in [9.17, 15) is 9.59 Å². The Morgan fingerprint density at radius 2 is 1.68 bits per heavy atom. The minimum Gasteiger partial charge on any atom is -0.451 e. The maximum absolute atomic E-state index is 12.2. The predicted molar refractivity (Wildman–Crippen MR) is 86.8 cm³/mol. The Morgan fingerprint density at radius 3 is 2.32 bits per heavy atom. The fourth-order valence-corrected chi connectivity index (χ4v) is 2.25. The highest BCUT2D eigenvalue weighted by Crippen LogP contribution is 2.22. The van der Waals surface area contributed by atoms with Crippen molar-refractivity contribution in [2.45, 2.75) is 20.0 Å². The van der Waals surface area contributed by atoms with Crippen molar-refractivity contribution in [3.8, 4) is 0 Å². The molecule has 2 aromatic rings. The number of ether oxygens (including phenoxy) is 1. The van der Waals surface area contributed by atoms with Crippen LogP contribution in [-0.2, 0) is 4.74 Å². The lowest BCUT2D eigenvalue weighted by atomic mass is 10.1. The molecule has 0 spiro atoms. The van der Waals surface area contributed by atoms with Gasteiger partial charge in [-0.15, -0.1) is 0 Å². The van der Waals surface area contributed by atoms with Crippen molar-refractivity contribution in [2.75, 3.05) is 0 Å². The van der Waals surface area contributed by atoms with Gasteiger partial charge in [-0.3, -0.25) is 4.79 Å². The molecule has 0 fully saturated rings. The molecule has 2 aromatic carbocycles. The van der Waals surface area contributed by atoms with E-state index < -0.39 is 12.1 Å². The lowest BCUT2D eigenvalue weighted by molar-refractivity contribution is 0.0319. The lowest BCUT2D eigenvalue weighted by Crippen LogP contribution is -2.24. The third-order valence-corrected chi connectivity index (χ3v) is 3.70. The number of aryl methyl sites for hydroxylation is 1. The van der Waals surface area contributed by atoms with E-state index in [1.807, 2.05) is 19.1 Å². The summed E-state index contributed by atoms with van der Waals surface area (Å²) in [6.07, 6.45) is -0.912. The van der Waals surface area contributed by atoms with Crippen LogP contribution in [0.2, 0.25) is 10.0 Å². The fourth-order valence-electron chi connectivity index (χ4n) is 1.88. The van der Waals surface area contributed by atoms with E-state index in [-0.39, 0.29) is 16.4 Å². The first-order valence-electron chi connectivity index (χ1n) is 6.65. The molecule has 0 unspecified atom stereocenters. The maximum atomic E-state index is 12.2. The molecule has 22 heavy (non-hydrogen) atoms. The average molecular weight is 337 g/mol. The molecule has 3 nitrogen and oxygen atoms in total. The van der Waals surface area contributed by atoms with Crippen LogP contribution >= 0.6 is 23.2 Å². The zero-order chi connectivity index (χ0) is 16.3. The Bertz CT molecular complexity index is 708. The van der Waals surface area contributed by atoms with Crippen LogP contribution in [0.3, 0.4) is 0 Å². The van der Waals surface area contributed by atoms with E-state index in [4.69, 9.17) is 27.9 Å². The summed E-state index contributed by atoms with van der Waals surface area (Å²) < 4.78 is 5.19. The molecule has 0 aromatic heterocycles. The maximum Gasteiger partial charge on any atom is 0.340 e. The van der Waals surface area contributed by atoms with Gasteiger partial charge in [0.15, 0.2) is 6.10 Å². The minimum absolute atomic E-state index is 0.137. The Kier molecular flexibility index (Phi) is 5.22. The van der Waals surface area contributed by atoms with Gasteiger partial charge in [-0.2, -0.15) is 0 Å². The van der Waals surface area contributed by atoms with E-state index in [0.29, 0.717) is 10.6 Å². The first-order chi connectivity index (χ1) is 10.4. The van der Waals surface area contributed by atoms with Crippen LogP contribution in [0, 0.1) is 6.92 Å². The summed E-state index contributed by atoms with van der Waals surface area (Å²) in [6.45, 7) is 3.46. The molecule has 0 aliphatic carbocycles. The highest BCUT2D eigenvalue weighted by Gasteiger charge is 2.21. The smallest absolute Gasteiger partial charge is 0.340 e. The second-order valence-corrected chi connectivity index (χ2v) is 5.75. The number of rotatable bonds is 4. The SMILES string of the molecule is Cc1ccc(C(=O)[C@H](C)OC(=O)c2cc(Cl)ccc2Cl)cc1. The Labute approximate surface area is 138 Å². The van der Waals surface area contributed by atoms with Gasteiger partial charge in [-0.05, 0) is 32.0 Å². The van der Waals surface area contributed by atoms with Crippen molar-refractivity contribution in [3.63, 3.8) is 0 Å². The van der Waals surface area contributed by atoms with Gasteiger partial charge in [0.05, 0.1) is 10.6 Å². The number of hydrogen-bond donors (Lipinski definition) is 0. The molecule has 0 bridgehead atoms. The van der Waals surface area contributed by atoms with E-state index >= 15 is 0 Å². The normalized spacial score (nSPS) is 11.8. The van der Waals surface area contributed by atoms with Crippen LogP contribution in [0.1, 0.15) is 33.2 Å². The number of carbonyl (C=O) groups excluding carboxylic acids is 2. The molecule has 2 rings (SSSR count). The molecule has 0 amide bonds. The van der Waals surface area contributed by atoms with Crippen molar-refractivity contribution in [1.29, 1.82) is 0 Å². The minimum atomic E-state index is -0.912. The molecule has 1 atom stereocenters. The monoisotopic (exact) mass is 336 g/mol. The number of halogens is 2. The van der Waals surface area contributed by atoms with Crippen LogP contribution in [0.25, 0.3) is 0 Å². The molecule has 0 saturated carbocycles. The molecule has 0 saturated heterocycles. The molecule has 0 heterocycles. The molecule has 0 N–H and O–H groups in total. The van der Waals surface area contributed by atoms with Gasteiger partial charge < -0.3 is 4.74 Å². The molecular weight excluding hydrogens is 323 g/mol.